The van der Waals surface area contributed by atoms with E-state index in [0.717, 1.165) is 37.4 Å². The summed E-state index contributed by atoms with van der Waals surface area (Å²) in [4.78, 5) is 0. The van der Waals surface area contributed by atoms with Crippen molar-refractivity contribution in [3.05, 3.63) is 65.2 Å². The Bertz CT molecular complexity index is 758. The van der Waals surface area contributed by atoms with Crippen LogP contribution < -0.4 is 5.32 Å². The van der Waals surface area contributed by atoms with Crippen LogP contribution in [0.1, 0.15) is 22.6 Å². The fourth-order valence-corrected chi connectivity index (χ4v) is 2.82. The quantitative estimate of drug-likeness (QED) is 0.786. The lowest BCUT2D eigenvalue weighted by molar-refractivity contribution is 0.568. The van der Waals surface area contributed by atoms with E-state index in [0.29, 0.717) is 6.54 Å². The Morgan fingerprint density at radius 3 is 2.91 bits per heavy atom. The predicted octanol–water partition coefficient (Wildman–Crippen LogP) is 1.22. The molecule has 0 saturated carbocycles. The lowest BCUT2D eigenvalue weighted by Crippen LogP contribution is -2.25. The van der Waals surface area contributed by atoms with Crippen LogP contribution in [0.15, 0.2) is 42.6 Å². The second-order valence-corrected chi connectivity index (χ2v) is 5.56. The van der Waals surface area contributed by atoms with Crippen molar-refractivity contribution in [3.63, 3.8) is 0 Å². The van der Waals surface area contributed by atoms with Gasteiger partial charge >= 0.3 is 0 Å². The number of benzene rings is 1. The maximum Gasteiger partial charge on any atom is 0.0997 e. The highest BCUT2D eigenvalue weighted by atomic mass is 15.4. The van der Waals surface area contributed by atoms with Crippen molar-refractivity contribution in [2.24, 2.45) is 0 Å². The van der Waals surface area contributed by atoms with Crippen LogP contribution >= 0.6 is 0 Å². The average Bonchev–Trinajstić information content (AvgIpc) is 3.17. The van der Waals surface area contributed by atoms with Crippen molar-refractivity contribution >= 4 is 0 Å². The van der Waals surface area contributed by atoms with Crippen LogP contribution in [-0.4, -0.2) is 31.3 Å². The van der Waals surface area contributed by atoms with E-state index in [-0.39, 0.29) is 0 Å². The third kappa shape index (κ3) is 2.65. The van der Waals surface area contributed by atoms with E-state index in [2.05, 4.69) is 51.1 Å². The predicted molar refractivity (Wildman–Crippen MR) is 82.3 cm³/mol. The van der Waals surface area contributed by atoms with Gasteiger partial charge in [0, 0.05) is 25.7 Å². The van der Waals surface area contributed by atoms with Gasteiger partial charge in [0.2, 0.25) is 0 Å². The summed E-state index contributed by atoms with van der Waals surface area (Å²) in [6.07, 6.45) is 3.00. The molecule has 0 radical (unpaired) electrons. The molecule has 0 unspecified atom stereocenters. The van der Waals surface area contributed by atoms with Gasteiger partial charge in [0.1, 0.15) is 0 Å². The van der Waals surface area contributed by atoms with E-state index in [1.807, 2.05) is 21.6 Å². The van der Waals surface area contributed by atoms with Gasteiger partial charge in [-0.2, -0.15) is 5.10 Å². The number of nitrogens with one attached hydrogen (secondary N) is 1. The molecular weight excluding hydrogens is 276 g/mol. The van der Waals surface area contributed by atoms with Gasteiger partial charge < -0.3 is 5.32 Å². The highest BCUT2D eigenvalue weighted by Gasteiger charge is 2.16. The number of hydrogen-bond donors (Lipinski definition) is 1. The molecule has 0 atom stereocenters. The van der Waals surface area contributed by atoms with E-state index in [1.165, 1.54) is 11.3 Å². The third-order valence-corrected chi connectivity index (χ3v) is 3.94. The minimum atomic E-state index is 0.685. The first-order valence-electron chi connectivity index (χ1n) is 7.57. The highest BCUT2D eigenvalue weighted by Crippen LogP contribution is 2.12. The summed E-state index contributed by atoms with van der Waals surface area (Å²) in [7, 11) is 0. The lowest BCUT2D eigenvalue weighted by atomic mass is 10.2. The first-order chi connectivity index (χ1) is 10.9. The van der Waals surface area contributed by atoms with Gasteiger partial charge in [-0.15, -0.1) is 5.10 Å². The average molecular weight is 294 g/mol. The van der Waals surface area contributed by atoms with Crippen molar-refractivity contribution < 1.29 is 0 Å². The molecule has 6 heteroatoms. The molecule has 1 N–H and O–H groups in total. The minimum absolute atomic E-state index is 0.685. The van der Waals surface area contributed by atoms with E-state index in [9.17, 15) is 0 Å². The highest BCUT2D eigenvalue weighted by molar-refractivity contribution is 5.16. The number of rotatable bonds is 4. The standard InChI is InChI=1S/C16H18N6/c1-2-4-13(5-3-1)11-21-9-7-14(19-21)12-22-16-6-8-17-10-15(16)18-20-22/h1-5,7,9,17H,6,8,10-12H2. The molecule has 0 fully saturated rings. The van der Waals surface area contributed by atoms with Crippen molar-refractivity contribution in [3.8, 4) is 0 Å². The number of nitrogens with zero attached hydrogens (tertiary/aromatic N) is 5. The summed E-state index contributed by atoms with van der Waals surface area (Å²) in [5.74, 6) is 0. The second-order valence-electron chi connectivity index (χ2n) is 5.56. The zero-order valence-electron chi connectivity index (χ0n) is 12.3. The van der Waals surface area contributed by atoms with Crippen LogP contribution in [0.25, 0.3) is 0 Å². The van der Waals surface area contributed by atoms with E-state index >= 15 is 0 Å². The Morgan fingerprint density at radius 1 is 1.09 bits per heavy atom. The monoisotopic (exact) mass is 294 g/mol. The van der Waals surface area contributed by atoms with Gasteiger partial charge in [0.05, 0.1) is 30.2 Å². The molecule has 22 heavy (non-hydrogen) atoms. The van der Waals surface area contributed by atoms with Gasteiger partial charge in [-0.3, -0.25) is 4.68 Å². The van der Waals surface area contributed by atoms with Crippen LogP contribution in [0, 0.1) is 0 Å². The molecule has 1 aliphatic heterocycles. The molecule has 1 aromatic carbocycles. The smallest absolute Gasteiger partial charge is 0.0997 e. The largest absolute Gasteiger partial charge is 0.311 e. The fourth-order valence-electron chi connectivity index (χ4n) is 2.82. The maximum absolute atomic E-state index is 4.64. The lowest BCUT2D eigenvalue weighted by Gasteiger charge is -2.12. The fraction of sp³-hybridized carbons (Fsp3) is 0.312. The summed E-state index contributed by atoms with van der Waals surface area (Å²) < 4.78 is 3.95. The molecule has 3 heterocycles. The van der Waals surface area contributed by atoms with E-state index in [4.69, 9.17) is 0 Å². The molecule has 6 nitrogen and oxygen atoms in total. The Labute approximate surface area is 128 Å². The van der Waals surface area contributed by atoms with Gasteiger partial charge in [0.15, 0.2) is 0 Å². The summed E-state index contributed by atoms with van der Waals surface area (Å²) >= 11 is 0. The minimum Gasteiger partial charge on any atom is -0.311 e. The summed E-state index contributed by atoms with van der Waals surface area (Å²) in [5, 5.41) is 16.5. The Balaban J connectivity index is 1.49. The van der Waals surface area contributed by atoms with Gasteiger partial charge in [0.25, 0.3) is 0 Å². The molecule has 0 amide bonds. The van der Waals surface area contributed by atoms with Crippen molar-refractivity contribution in [1.29, 1.82) is 0 Å². The topological polar surface area (TPSA) is 60.6 Å². The van der Waals surface area contributed by atoms with E-state index in [1.54, 1.807) is 0 Å². The molecule has 4 rings (SSSR count). The summed E-state index contributed by atoms with van der Waals surface area (Å²) in [6, 6.07) is 12.4. The maximum atomic E-state index is 4.64. The molecule has 112 valence electrons. The van der Waals surface area contributed by atoms with Crippen LogP contribution in [-0.2, 0) is 26.1 Å². The van der Waals surface area contributed by atoms with Gasteiger partial charge in [-0.05, 0) is 11.6 Å². The van der Waals surface area contributed by atoms with Crippen LogP contribution in [0.5, 0.6) is 0 Å². The molecule has 0 bridgehead atoms. The van der Waals surface area contributed by atoms with Crippen molar-refractivity contribution in [1.82, 2.24) is 30.1 Å². The number of hydrogen-bond acceptors (Lipinski definition) is 4. The molecule has 0 spiro atoms. The molecule has 0 aliphatic carbocycles. The number of fused-ring (bicyclic) bond motifs is 1. The Morgan fingerprint density at radius 2 is 2.00 bits per heavy atom. The zero-order valence-corrected chi connectivity index (χ0v) is 12.3. The van der Waals surface area contributed by atoms with Gasteiger partial charge in [-0.1, -0.05) is 35.5 Å². The third-order valence-electron chi connectivity index (χ3n) is 3.94. The molecule has 2 aromatic heterocycles. The molecular formula is C16H18N6. The van der Waals surface area contributed by atoms with Gasteiger partial charge in [-0.25, -0.2) is 4.68 Å². The Hall–Kier alpha value is -2.47. The van der Waals surface area contributed by atoms with Crippen molar-refractivity contribution in [2.45, 2.75) is 26.1 Å². The van der Waals surface area contributed by atoms with E-state index < -0.39 is 0 Å². The second kappa shape index (κ2) is 5.73. The van der Waals surface area contributed by atoms with Crippen LogP contribution in [0.2, 0.25) is 0 Å². The summed E-state index contributed by atoms with van der Waals surface area (Å²) in [5.41, 5.74) is 4.56. The zero-order chi connectivity index (χ0) is 14.8. The first-order valence-corrected chi connectivity index (χ1v) is 7.57. The number of aromatic nitrogens is 5. The van der Waals surface area contributed by atoms with Crippen molar-refractivity contribution in [2.75, 3.05) is 6.54 Å². The molecule has 0 saturated heterocycles. The van der Waals surface area contributed by atoms with Crippen LogP contribution in [0.3, 0.4) is 0 Å². The SMILES string of the molecule is c1ccc(Cn2ccc(Cn3nnc4c3CCNC4)n2)cc1. The Kier molecular flexibility index (Phi) is 3.44. The summed E-state index contributed by atoms with van der Waals surface area (Å²) in [6.45, 7) is 3.28. The normalized spacial score (nSPS) is 14.0. The molecule has 3 aromatic rings. The van der Waals surface area contributed by atoms with Crippen LogP contribution in [0.4, 0.5) is 0 Å². The first kappa shape index (κ1) is 13.2. The molecule has 1 aliphatic rings.